The van der Waals surface area contributed by atoms with Gasteiger partial charge in [0, 0.05) is 11.3 Å². The maximum atomic E-state index is 13.1. The molecule has 4 nitrogen and oxygen atoms in total. The van der Waals surface area contributed by atoms with Gasteiger partial charge in [-0.05, 0) is 72.7 Å². The fraction of sp³-hybridized carbons (Fsp3) is 0.500. The van der Waals surface area contributed by atoms with Crippen LogP contribution in [0.3, 0.4) is 0 Å². The molecule has 0 spiro atoms. The number of carbonyl (C=O) groups excluding carboxylic acids is 2. The van der Waals surface area contributed by atoms with Crippen molar-refractivity contribution in [3.63, 3.8) is 0 Å². The van der Waals surface area contributed by atoms with Crippen molar-refractivity contribution in [3.8, 4) is 0 Å². The van der Waals surface area contributed by atoms with E-state index in [1.54, 1.807) is 0 Å². The van der Waals surface area contributed by atoms with E-state index >= 15 is 0 Å². The summed E-state index contributed by atoms with van der Waals surface area (Å²) >= 11 is 0. The van der Waals surface area contributed by atoms with Crippen molar-refractivity contribution in [2.45, 2.75) is 65.1 Å². The van der Waals surface area contributed by atoms with Gasteiger partial charge in [0.25, 0.3) is 0 Å². The molecule has 3 aliphatic carbocycles. The molecule has 3 aliphatic rings. The lowest BCUT2D eigenvalue weighted by molar-refractivity contribution is -0.218. The third kappa shape index (κ3) is 5.27. The first-order valence-electron chi connectivity index (χ1n) is 12.2. The molecular formula is C28H28F6O4. The molecule has 206 valence electrons. The van der Waals surface area contributed by atoms with Crippen LogP contribution >= 0.6 is 0 Å². The number of halogens is 6. The highest BCUT2D eigenvalue weighted by Crippen LogP contribution is 2.62. The zero-order valence-corrected chi connectivity index (χ0v) is 21.2. The summed E-state index contributed by atoms with van der Waals surface area (Å²) in [6, 6.07) is 7.29. The average Bonchev–Trinajstić information content (AvgIpc) is 2.79. The molecule has 0 N–H and O–H groups in total. The van der Waals surface area contributed by atoms with Gasteiger partial charge < -0.3 is 9.47 Å². The number of alkyl halides is 6. The van der Waals surface area contributed by atoms with E-state index < -0.39 is 53.0 Å². The molecule has 0 radical (unpaired) electrons. The van der Waals surface area contributed by atoms with E-state index in [2.05, 4.69) is 0 Å². The molecule has 0 saturated heterocycles. The summed E-state index contributed by atoms with van der Waals surface area (Å²) in [4.78, 5) is 26.1. The first-order chi connectivity index (χ1) is 17.4. The molecule has 0 amide bonds. The Labute approximate surface area is 216 Å². The molecule has 3 saturated carbocycles. The monoisotopic (exact) mass is 542 g/mol. The van der Waals surface area contributed by atoms with Crippen molar-refractivity contribution in [1.82, 2.24) is 0 Å². The number of esters is 2. The molecule has 3 fully saturated rings. The number of ether oxygens (including phenoxy) is 2. The van der Waals surface area contributed by atoms with Gasteiger partial charge in [0.1, 0.15) is 12.2 Å². The van der Waals surface area contributed by atoms with Crippen molar-refractivity contribution < 1.29 is 45.4 Å². The first kappa shape index (κ1) is 28.0. The topological polar surface area (TPSA) is 52.6 Å². The second kappa shape index (κ2) is 9.31. The Morgan fingerprint density at radius 3 is 1.58 bits per heavy atom. The van der Waals surface area contributed by atoms with Crippen molar-refractivity contribution >= 4 is 11.9 Å². The van der Waals surface area contributed by atoms with E-state index in [9.17, 15) is 35.9 Å². The van der Waals surface area contributed by atoms with Crippen LogP contribution in [0.1, 0.15) is 72.4 Å². The van der Waals surface area contributed by atoms with Crippen LogP contribution in [0.4, 0.5) is 26.3 Å². The fourth-order valence-electron chi connectivity index (χ4n) is 6.74. The van der Waals surface area contributed by atoms with Crippen LogP contribution in [0.2, 0.25) is 0 Å². The van der Waals surface area contributed by atoms with Crippen LogP contribution in [0.25, 0.3) is 0 Å². The lowest BCUT2D eigenvalue weighted by Gasteiger charge is -2.62. The van der Waals surface area contributed by atoms with Crippen LogP contribution in [0, 0.1) is 22.7 Å². The summed E-state index contributed by atoms with van der Waals surface area (Å²) < 4.78 is 89.3. The molecular weight excluding hydrogens is 514 g/mol. The molecule has 2 bridgehead atoms. The maximum absolute atomic E-state index is 13.1. The number of hydrogen-bond acceptors (Lipinski definition) is 4. The number of rotatable bonds is 4. The Bertz CT molecular complexity index is 1200. The lowest BCUT2D eigenvalue weighted by atomic mass is 9.46. The summed E-state index contributed by atoms with van der Waals surface area (Å²) in [6.07, 6.45) is -9.60. The minimum atomic E-state index is -4.56. The SMILES string of the molecule is CC1CC2(C)CC(C)(C)C1C(OC(=O)c1ccc(C(F)(F)F)cc1)C2OC(=O)c1ccc(C(F)(F)F)cc1. The van der Waals surface area contributed by atoms with E-state index in [1.165, 1.54) is 0 Å². The van der Waals surface area contributed by atoms with Crippen molar-refractivity contribution in [2.24, 2.45) is 22.7 Å². The van der Waals surface area contributed by atoms with Crippen molar-refractivity contribution in [3.05, 3.63) is 70.8 Å². The summed E-state index contributed by atoms with van der Waals surface area (Å²) in [7, 11) is 0. The summed E-state index contributed by atoms with van der Waals surface area (Å²) in [6.45, 7) is 7.98. The number of benzene rings is 2. The van der Waals surface area contributed by atoms with Crippen LogP contribution in [-0.4, -0.2) is 24.1 Å². The number of hydrogen-bond donors (Lipinski definition) is 0. The van der Waals surface area contributed by atoms with Crippen LogP contribution in [-0.2, 0) is 21.8 Å². The summed E-state index contributed by atoms with van der Waals surface area (Å²) in [5, 5.41) is 0. The summed E-state index contributed by atoms with van der Waals surface area (Å²) in [5.41, 5.74) is -2.89. The highest BCUT2D eigenvalue weighted by molar-refractivity contribution is 5.90. The molecule has 5 atom stereocenters. The molecule has 5 rings (SSSR count). The fourth-order valence-corrected chi connectivity index (χ4v) is 6.74. The van der Waals surface area contributed by atoms with Gasteiger partial charge in [-0.3, -0.25) is 0 Å². The van der Waals surface area contributed by atoms with Gasteiger partial charge in [-0.15, -0.1) is 0 Å². The molecule has 10 heteroatoms. The molecule has 5 unspecified atom stereocenters. The van der Waals surface area contributed by atoms with Gasteiger partial charge in [0.05, 0.1) is 22.3 Å². The predicted molar refractivity (Wildman–Crippen MR) is 125 cm³/mol. The van der Waals surface area contributed by atoms with E-state index in [0.29, 0.717) is 12.8 Å². The largest absolute Gasteiger partial charge is 0.454 e. The Morgan fingerprint density at radius 1 is 0.763 bits per heavy atom. The van der Waals surface area contributed by atoms with Crippen LogP contribution < -0.4 is 0 Å². The molecule has 2 aromatic rings. The predicted octanol–water partition coefficient (Wildman–Crippen LogP) is 7.57. The number of carbonyl (C=O) groups is 2. The summed E-state index contributed by atoms with van der Waals surface area (Å²) in [5.74, 6) is -1.85. The first-order valence-corrected chi connectivity index (χ1v) is 12.2. The highest BCUT2D eigenvalue weighted by Gasteiger charge is 2.63. The van der Waals surface area contributed by atoms with E-state index in [4.69, 9.17) is 9.47 Å². The Balaban J connectivity index is 1.62. The molecule has 0 aromatic heterocycles. The Morgan fingerprint density at radius 2 is 1.18 bits per heavy atom. The Hall–Kier alpha value is -3.04. The third-order valence-electron chi connectivity index (χ3n) is 7.88. The minimum absolute atomic E-state index is 0.0789. The molecule has 2 aromatic carbocycles. The van der Waals surface area contributed by atoms with Gasteiger partial charge in [0.2, 0.25) is 0 Å². The van der Waals surface area contributed by atoms with Crippen LogP contribution in [0.15, 0.2) is 48.5 Å². The van der Waals surface area contributed by atoms with E-state index in [1.807, 2.05) is 27.7 Å². The van der Waals surface area contributed by atoms with Crippen molar-refractivity contribution in [2.75, 3.05) is 0 Å². The zero-order valence-electron chi connectivity index (χ0n) is 21.2. The average molecular weight is 543 g/mol. The van der Waals surface area contributed by atoms with Gasteiger partial charge in [-0.2, -0.15) is 26.3 Å². The number of fused-ring (bicyclic) bond motifs is 3. The molecule has 0 aliphatic heterocycles. The normalized spacial score (nSPS) is 28.6. The second-order valence-corrected chi connectivity index (χ2v) is 11.4. The van der Waals surface area contributed by atoms with E-state index in [0.717, 1.165) is 48.5 Å². The van der Waals surface area contributed by atoms with Gasteiger partial charge in [-0.25, -0.2) is 9.59 Å². The van der Waals surface area contributed by atoms with Gasteiger partial charge in [-0.1, -0.05) is 27.7 Å². The Kier molecular flexibility index (Phi) is 6.85. The second-order valence-electron chi connectivity index (χ2n) is 11.4. The third-order valence-corrected chi connectivity index (χ3v) is 7.88. The minimum Gasteiger partial charge on any atom is -0.454 e. The van der Waals surface area contributed by atoms with Crippen molar-refractivity contribution in [1.29, 1.82) is 0 Å². The quantitative estimate of drug-likeness (QED) is 0.296. The molecule has 38 heavy (non-hydrogen) atoms. The zero-order chi connectivity index (χ0) is 28.3. The molecule has 0 heterocycles. The van der Waals surface area contributed by atoms with Crippen LogP contribution in [0.5, 0.6) is 0 Å². The van der Waals surface area contributed by atoms with Gasteiger partial charge >= 0.3 is 24.3 Å². The lowest BCUT2D eigenvalue weighted by Crippen LogP contribution is -2.65. The standard InChI is InChI=1S/C28H28F6O4/c1-15-13-26(4)14-25(2,3)20(15)21(37-23(35)16-5-9-18(10-6-16)27(29,30)31)22(26)38-24(36)17-7-11-19(12-8-17)28(32,33)34/h5-12,15,20-22H,13-14H2,1-4H3. The highest BCUT2D eigenvalue weighted by atomic mass is 19.4. The smallest absolute Gasteiger partial charge is 0.416 e. The van der Waals surface area contributed by atoms with E-state index in [-0.39, 0.29) is 28.4 Å². The maximum Gasteiger partial charge on any atom is 0.416 e. The van der Waals surface area contributed by atoms with Gasteiger partial charge in [0.15, 0.2) is 0 Å².